The van der Waals surface area contributed by atoms with Crippen LogP contribution in [0.25, 0.3) is 0 Å². The number of pyridine rings is 1. The van der Waals surface area contributed by atoms with Gasteiger partial charge < -0.3 is 10.6 Å². The molecule has 0 saturated heterocycles. The van der Waals surface area contributed by atoms with Crippen molar-refractivity contribution in [1.29, 1.82) is 0 Å². The van der Waals surface area contributed by atoms with Gasteiger partial charge in [0.05, 0.1) is 4.47 Å². The fourth-order valence-corrected chi connectivity index (χ4v) is 2.36. The number of nitrogen functional groups attached to an aromatic ring is 1. The second-order valence-corrected chi connectivity index (χ2v) is 4.92. The maximum Gasteiger partial charge on any atom is 0.143 e. The summed E-state index contributed by atoms with van der Waals surface area (Å²) in [6.45, 7) is 3.81. The Morgan fingerprint density at radius 1 is 1.28 bits per heavy atom. The third-order valence-electron chi connectivity index (χ3n) is 2.74. The van der Waals surface area contributed by atoms with E-state index in [9.17, 15) is 0 Å². The summed E-state index contributed by atoms with van der Waals surface area (Å²) in [6, 6.07) is 11.9. The Morgan fingerprint density at radius 3 is 2.78 bits per heavy atom. The van der Waals surface area contributed by atoms with Crippen molar-refractivity contribution in [2.45, 2.75) is 13.5 Å². The van der Waals surface area contributed by atoms with Crippen LogP contribution in [-0.4, -0.2) is 11.5 Å². The molecule has 0 aliphatic rings. The van der Waals surface area contributed by atoms with Gasteiger partial charge in [0, 0.05) is 25.0 Å². The van der Waals surface area contributed by atoms with Crippen molar-refractivity contribution in [3.8, 4) is 0 Å². The lowest BCUT2D eigenvalue weighted by Crippen LogP contribution is -2.23. The van der Waals surface area contributed by atoms with E-state index in [1.54, 1.807) is 0 Å². The summed E-state index contributed by atoms with van der Waals surface area (Å²) in [5, 5.41) is 0. The van der Waals surface area contributed by atoms with Gasteiger partial charge in [0.2, 0.25) is 0 Å². The molecule has 4 heteroatoms. The van der Waals surface area contributed by atoms with E-state index in [-0.39, 0.29) is 0 Å². The zero-order valence-electron chi connectivity index (χ0n) is 10.3. The lowest BCUT2D eigenvalue weighted by Gasteiger charge is -2.23. The van der Waals surface area contributed by atoms with Crippen molar-refractivity contribution in [2.75, 3.05) is 17.2 Å². The average Bonchev–Trinajstić information content (AvgIpc) is 2.37. The summed E-state index contributed by atoms with van der Waals surface area (Å²) in [4.78, 5) is 6.62. The van der Waals surface area contributed by atoms with Crippen molar-refractivity contribution < 1.29 is 0 Å². The van der Waals surface area contributed by atoms with Crippen LogP contribution in [0, 0.1) is 0 Å². The number of benzene rings is 1. The smallest absolute Gasteiger partial charge is 0.143 e. The second-order valence-electron chi connectivity index (χ2n) is 4.07. The molecule has 0 amide bonds. The number of aromatic nitrogens is 1. The fourth-order valence-electron chi connectivity index (χ4n) is 1.86. The van der Waals surface area contributed by atoms with E-state index in [0.717, 1.165) is 29.1 Å². The van der Waals surface area contributed by atoms with Crippen molar-refractivity contribution in [3.63, 3.8) is 0 Å². The second kappa shape index (κ2) is 5.87. The molecule has 94 valence electrons. The van der Waals surface area contributed by atoms with E-state index in [4.69, 9.17) is 5.73 Å². The van der Waals surface area contributed by atoms with Gasteiger partial charge >= 0.3 is 0 Å². The molecular weight excluding hydrogens is 290 g/mol. The first-order chi connectivity index (χ1) is 8.70. The van der Waals surface area contributed by atoms with Gasteiger partial charge in [-0.3, -0.25) is 0 Å². The van der Waals surface area contributed by atoms with Crippen molar-refractivity contribution in [1.82, 2.24) is 4.98 Å². The molecule has 1 aromatic heterocycles. The average molecular weight is 306 g/mol. The molecule has 0 radical (unpaired) electrons. The zero-order valence-corrected chi connectivity index (χ0v) is 11.9. The minimum absolute atomic E-state index is 0.795. The van der Waals surface area contributed by atoms with Gasteiger partial charge in [-0.15, -0.1) is 0 Å². The van der Waals surface area contributed by atoms with Crippen LogP contribution in [0.1, 0.15) is 12.5 Å². The van der Waals surface area contributed by atoms with E-state index >= 15 is 0 Å². The van der Waals surface area contributed by atoms with Gasteiger partial charge in [-0.25, -0.2) is 4.98 Å². The van der Waals surface area contributed by atoms with Gasteiger partial charge in [-0.2, -0.15) is 0 Å². The molecule has 0 atom stereocenters. The largest absolute Gasteiger partial charge is 0.399 e. The van der Waals surface area contributed by atoms with Gasteiger partial charge in [-0.1, -0.05) is 12.1 Å². The van der Waals surface area contributed by atoms with E-state index in [0.29, 0.717) is 0 Å². The van der Waals surface area contributed by atoms with Crippen LogP contribution in [0.3, 0.4) is 0 Å². The highest BCUT2D eigenvalue weighted by molar-refractivity contribution is 9.10. The molecule has 0 unspecified atom stereocenters. The number of halogens is 1. The Balaban J connectivity index is 2.23. The Hall–Kier alpha value is -1.55. The molecule has 1 aromatic carbocycles. The molecule has 0 bridgehead atoms. The van der Waals surface area contributed by atoms with Gasteiger partial charge in [0.25, 0.3) is 0 Å². The highest BCUT2D eigenvalue weighted by Gasteiger charge is 2.09. The lowest BCUT2D eigenvalue weighted by atomic mass is 10.2. The number of rotatable bonds is 4. The van der Waals surface area contributed by atoms with Crippen LogP contribution in [0.2, 0.25) is 0 Å². The maximum absolute atomic E-state index is 5.80. The van der Waals surface area contributed by atoms with Gasteiger partial charge in [-0.05, 0) is 52.7 Å². The highest BCUT2D eigenvalue weighted by atomic mass is 79.9. The highest BCUT2D eigenvalue weighted by Crippen LogP contribution is 2.24. The third kappa shape index (κ3) is 3.01. The Bertz CT molecular complexity index is 528. The molecule has 0 fully saturated rings. The SMILES string of the molecule is CCN(Cc1cccc(N)c1)c1ncccc1Br. The molecule has 0 aliphatic carbocycles. The Kier molecular flexibility index (Phi) is 4.20. The molecule has 3 nitrogen and oxygen atoms in total. The number of nitrogens with two attached hydrogens (primary N) is 1. The predicted octanol–water partition coefficient (Wildman–Crippen LogP) is 3.45. The first kappa shape index (κ1) is 12.9. The van der Waals surface area contributed by atoms with E-state index in [1.807, 2.05) is 36.5 Å². The molecule has 2 aromatic rings. The normalized spacial score (nSPS) is 10.3. The maximum atomic E-state index is 5.80. The molecule has 18 heavy (non-hydrogen) atoms. The standard InChI is InChI=1S/C14H16BrN3/c1-2-18(14-13(15)7-4-8-17-14)10-11-5-3-6-12(16)9-11/h3-9H,2,10,16H2,1H3. The molecular formula is C14H16BrN3. The first-order valence-electron chi connectivity index (χ1n) is 5.90. The van der Waals surface area contributed by atoms with Crippen LogP contribution < -0.4 is 10.6 Å². The quantitative estimate of drug-likeness (QED) is 0.880. The van der Waals surface area contributed by atoms with Crippen LogP contribution in [0.15, 0.2) is 47.1 Å². The predicted molar refractivity (Wildman–Crippen MR) is 79.5 cm³/mol. The third-order valence-corrected chi connectivity index (χ3v) is 3.36. The topological polar surface area (TPSA) is 42.1 Å². The zero-order chi connectivity index (χ0) is 13.0. The summed E-state index contributed by atoms with van der Waals surface area (Å²) < 4.78 is 1.01. The summed E-state index contributed by atoms with van der Waals surface area (Å²) in [5.41, 5.74) is 7.79. The molecule has 1 heterocycles. The van der Waals surface area contributed by atoms with Crippen molar-refractivity contribution in [2.24, 2.45) is 0 Å². The van der Waals surface area contributed by atoms with E-state index in [1.165, 1.54) is 5.56 Å². The minimum atomic E-state index is 0.795. The first-order valence-corrected chi connectivity index (χ1v) is 6.70. The summed E-state index contributed by atoms with van der Waals surface area (Å²) in [5.74, 6) is 0.961. The Labute approximate surface area is 116 Å². The van der Waals surface area contributed by atoms with Gasteiger partial charge in [0.15, 0.2) is 0 Å². The lowest BCUT2D eigenvalue weighted by molar-refractivity contribution is 0.811. The molecule has 0 aliphatic heterocycles. The van der Waals surface area contributed by atoms with Crippen molar-refractivity contribution in [3.05, 3.63) is 52.6 Å². The monoisotopic (exact) mass is 305 g/mol. The minimum Gasteiger partial charge on any atom is -0.399 e. The number of nitrogens with zero attached hydrogens (tertiary/aromatic N) is 2. The van der Waals surface area contributed by atoms with Crippen LogP contribution in [0.5, 0.6) is 0 Å². The molecule has 2 rings (SSSR count). The molecule has 0 spiro atoms. The summed E-state index contributed by atoms with van der Waals surface area (Å²) in [6.07, 6.45) is 1.81. The summed E-state index contributed by atoms with van der Waals surface area (Å²) in [7, 11) is 0. The number of anilines is 2. The fraction of sp³-hybridized carbons (Fsp3) is 0.214. The van der Waals surface area contributed by atoms with Crippen LogP contribution in [0.4, 0.5) is 11.5 Å². The van der Waals surface area contributed by atoms with Crippen LogP contribution >= 0.6 is 15.9 Å². The van der Waals surface area contributed by atoms with E-state index in [2.05, 4.69) is 38.8 Å². The Morgan fingerprint density at radius 2 is 2.11 bits per heavy atom. The molecule has 0 saturated carbocycles. The van der Waals surface area contributed by atoms with E-state index < -0.39 is 0 Å². The van der Waals surface area contributed by atoms with Crippen LogP contribution in [-0.2, 0) is 6.54 Å². The van der Waals surface area contributed by atoms with Crippen molar-refractivity contribution >= 4 is 27.4 Å². The number of hydrogen-bond donors (Lipinski definition) is 1. The summed E-state index contributed by atoms with van der Waals surface area (Å²) >= 11 is 3.54. The van der Waals surface area contributed by atoms with Gasteiger partial charge in [0.1, 0.15) is 5.82 Å². The molecule has 2 N–H and O–H groups in total. The number of hydrogen-bond acceptors (Lipinski definition) is 3.